The van der Waals surface area contributed by atoms with E-state index in [-0.39, 0.29) is 17.0 Å². The highest BCUT2D eigenvalue weighted by atomic mass is 19.3. The lowest BCUT2D eigenvalue weighted by Crippen LogP contribution is -2.24. The van der Waals surface area contributed by atoms with Crippen LogP contribution >= 0.6 is 0 Å². The molecule has 0 bridgehead atoms. The molecule has 0 radical (unpaired) electrons. The number of benzene rings is 1. The lowest BCUT2D eigenvalue weighted by atomic mass is 10.1. The minimum Gasteiger partial charge on any atom is -0.449 e. The number of imidazole rings is 1. The van der Waals surface area contributed by atoms with Crippen molar-refractivity contribution in [3.05, 3.63) is 66.1 Å². The number of hydrogen-bond acceptors (Lipinski definition) is 5. The molecular formula is C18H14F2N2O4. The van der Waals surface area contributed by atoms with Gasteiger partial charge in [-0.2, -0.15) is 8.78 Å². The number of Topliss-reactive ketones (excluding diaryl/α,β-unsaturated/α-hetero) is 1. The molecule has 2 aromatic heterocycles. The molecule has 0 saturated heterocycles. The Morgan fingerprint density at radius 3 is 2.50 bits per heavy atom. The van der Waals surface area contributed by atoms with Gasteiger partial charge in [0.2, 0.25) is 5.78 Å². The molecule has 0 spiro atoms. The van der Waals surface area contributed by atoms with E-state index in [9.17, 15) is 18.4 Å². The molecule has 134 valence electrons. The third-order valence-electron chi connectivity index (χ3n) is 3.59. The lowest BCUT2D eigenvalue weighted by Gasteiger charge is -2.12. The van der Waals surface area contributed by atoms with Crippen molar-refractivity contribution in [2.75, 3.05) is 0 Å². The molecule has 0 amide bonds. The zero-order chi connectivity index (χ0) is 18.7. The predicted octanol–water partition coefficient (Wildman–Crippen LogP) is 3.36. The first kappa shape index (κ1) is 17.5. The second-order valence-electron chi connectivity index (χ2n) is 5.41. The number of hydrogen-bond donors (Lipinski definition) is 0. The summed E-state index contributed by atoms with van der Waals surface area (Å²) in [6, 6.07) is 10.5. The first-order chi connectivity index (χ1) is 12.4. The van der Waals surface area contributed by atoms with Crippen molar-refractivity contribution >= 4 is 17.4 Å². The number of pyridine rings is 1. The van der Waals surface area contributed by atoms with Crippen LogP contribution in [-0.4, -0.2) is 33.9 Å². The molecule has 3 rings (SSSR count). The maximum atomic E-state index is 12.3. The van der Waals surface area contributed by atoms with Crippen molar-refractivity contribution < 1.29 is 27.8 Å². The van der Waals surface area contributed by atoms with Gasteiger partial charge in [-0.3, -0.25) is 4.79 Å². The van der Waals surface area contributed by atoms with Gasteiger partial charge in [-0.25, -0.2) is 9.78 Å². The van der Waals surface area contributed by atoms with Crippen LogP contribution in [0.25, 0.3) is 5.65 Å². The van der Waals surface area contributed by atoms with Crippen LogP contribution in [0.15, 0.2) is 54.9 Å². The van der Waals surface area contributed by atoms with Crippen molar-refractivity contribution in [2.24, 2.45) is 0 Å². The van der Waals surface area contributed by atoms with Gasteiger partial charge in [0.15, 0.2) is 11.8 Å². The molecule has 8 heteroatoms. The quantitative estimate of drug-likeness (QED) is 0.498. The van der Waals surface area contributed by atoms with Gasteiger partial charge in [0.05, 0.1) is 0 Å². The van der Waals surface area contributed by atoms with Crippen LogP contribution in [0, 0.1) is 0 Å². The van der Waals surface area contributed by atoms with Gasteiger partial charge in [0.1, 0.15) is 11.4 Å². The summed E-state index contributed by atoms with van der Waals surface area (Å²) >= 11 is 0. The lowest BCUT2D eigenvalue weighted by molar-refractivity contribution is -0.0498. The van der Waals surface area contributed by atoms with Crippen molar-refractivity contribution in [3.63, 3.8) is 0 Å². The fourth-order valence-electron chi connectivity index (χ4n) is 2.34. The Kier molecular flexibility index (Phi) is 4.92. The molecule has 0 unspecified atom stereocenters. The fraction of sp³-hybridized carbons (Fsp3) is 0.167. The van der Waals surface area contributed by atoms with Crippen LogP contribution < -0.4 is 4.74 Å². The molecule has 0 aliphatic rings. The molecule has 3 aromatic rings. The Hall–Kier alpha value is -3.29. The Morgan fingerprint density at radius 1 is 1.12 bits per heavy atom. The van der Waals surface area contributed by atoms with Gasteiger partial charge >= 0.3 is 12.6 Å². The maximum absolute atomic E-state index is 12.3. The molecule has 2 heterocycles. The zero-order valence-corrected chi connectivity index (χ0v) is 13.6. The second-order valence-corrected chi connectivity index (χ2v) is 5.41. The van der Waals surface area contributed by atoms with Crippen LogP contribution in [0.2, 0.25) is 0 Å². The Bertz CT molecular complexity index is 905. The van der Waals surface area contributed by atoms with E-state index in [0.717, 1.165) is 0 Å². The molecule has 1 atom stereocenters. The molecule has 6 nitrogen and oxygen atoms in total. The zero-order valence-electron chi connectivity index (χ0n) is 13.6. The van der Waals surface area contributed by atoms with E-state index in [1.54, 1.807) is 28.8 Å². The number of aromatic nitrogens is 2. The summed E-state index contributed by atoms with van der Waals surface area (Å²) in [5.74, 6) is -1.26. The van der Waals surface area contributed by atoms with Gasteiger partial charge in [-0.15, -0.1) is 0 Å². The van der Waals surface area contributed by atoms with E-state index in [2.05, 4.69) is 9.72 Å². The van der Waals surface area contributed by atoms with Crippen molar-refractivity contribution in [2.45, 2.75) is 19.6 Å². The van der Waals surface area contributed by atoms with E-state index in [1.165, 1.54) is 37.4 Å². The number of rotatable bonds is 6. The highest BCUT2D eigenvalue weighted by molar-refractivity contribution is 6.01. The average molecular weight is 360 g/mol. The minimum absolute atomic E-state index is 0.0640. The van der Waals surface area contributed by atoms with E-state index in [1.807, 2.05) is 0 Å². The van der Waals surface area contributed by atoms with Crippen molar-refractivity contribution in [3.8, 4) is 5.75 Å². The molecular weight excluding hydrogens is 346 g/mol. The molecule has 1 aromatic carbocycles. The molecule has 0 aliphatic carbocycles. The number of carbonyl (C=O) groups excluding carboxylic acids is 2. The summed E-state index contributed by atoms with van der Waals surface area (Å²) in [6.07, 6.45) is 2.18. The van der Waals surface area contributed by atoms with Crippen molar-refractivity contribution in [1.82, 2.24) is 9.38 Å². The second kappa shape index (κ2) is 7.30. The van der Waals surface area contributed by atoms with Crippen LogP contribution in [0.5, 0.6) is 5.75 Å². The van der Waals surface area contributed by atoms with E-state index in [0.29, 0.717) is 5.65 Å². The molecule has 0 fully saturated rings. The fourth-order valence-corrected chi connectivity index (χ4v) is 2.34. The smallest absolute Gasteiger partial charge is 0.387 e. The number of nitrogens with zero attached hydrogens (tertiary/aromatic N) is 2. The third-order valence-corrected chi connectivity index (χ3v) is 3.59. The maximum Gasteiger partial charge on any atom is 0.387 e. The predicted molar refractivity (Wildman–Crippen MR) is 87.5 cm³/mol. The number of carbonyl (C=O) groups is 2. The summed E-state index contributed by atoms with van der Waals surface area (Å²) in [6.45, 7) is -1.51. The molecule has 0 N–H and O–H groups in total. The Balaban J connectivity index is 1.67. The number of esters is 1. The first-order valence-electron chi connectivity index (χ1n) is 7.68. The van der Waals surface area contributed by atoms with Gasteiger partial charge in [0, 0.05) is 18.0 Å². The molecule has 0 saturated carbocycles. The SMILES string of the molecule is C[C@@H](OC(=O)c1cn2ccccc2n1)C(=O)c1ccc(OC(F)F)cc1. The summed E-state index contributed by atoms with van der Waals surface area (Å²) < 4.78 is 35.3. The van der Waals surface area contributed by atoms with E-state index < -0.39 is 24.5 Å². The standard InChI is InChI=1S/C18H14F2N2O4/c1-11(16(23)12-5-7-13(8-6-12)26-18(19)20)25-17(24)14-10-22-9-3-2-4-15(22)21-14/h2-11,18H,1H3/t11-/m1/s1. The van der Waals surface area contributed by atoms with Crippen LogP contribution in [0.1, 0.15) is 27.8 Å². The van der Waals surface area contributed by atoms with Crippen LogP contribution in [0.3, 0.4) is 0 Å². The first-order valence-corrected chi connectivity index (χ1v) is 7.68. The van der Waals surface area contributed by atoms with Gasteiger partial charge in [0.25, 0.3) is 0 Å². The van der Waals surface area contributed by atoms with Gasteiger partial charge < -0.3 is 13.9 Å². The highest BCUT2D eigenvalue weighted by Crippen LogP contribution is 2.17. The minimum atomic E-state index is -2.94. The van der Waals surface area contributed by atoms with Crippen molar-refractivity contribution in [1.29, 1.82) is 0 Å². The highest BCUT2D eigenvalue weighted by Gasteiger charge is 2.22. The summed E-state index contributed by atoms with van der Waals surface area (Å²) in [4.78, 5) is 28.6. The summed E-state index contributed by atoms with van der Waals surface area (Å²) in [5.41, 5.74) is 0.867. The number of halogens is 2. The third kappa shape index (κ3) is 3.85. The number of alkyl halides is 2. The Labute approximate surface area is 147 Å². The van der Waals surface area contributed by atoms with Gasteiger partial charge in [-0.05, 0) is 43.3 Å². The summed E-state index contributed by atoms with van der Waals surface area (Å²) in [5, 5.41) is 0. The number of ether oxygens (including phenoxy) is 2. The molecule has 0 aliphatic heterocycles. The topological polar surface area (TPSA) is 69.9 Å². The average Bonchev–Trinajstić information content (AvgIpc) is 3.05. The Morgan fingerprint density at radius 2 is 1.85 bits per heavy atom. The number of fused-ring (bicyclic) bond motifs is 1. The normalized spacial score (nSPS) is 12.2. The van der Waals surface area contributed by atoms with Crippen LogP contribution in [-0.2, 0) is 4.74 Å². The van der Waals surface area contributed by atoms with E-state index >= 15 is 0 Å². The van der Waals surface area contributed by atoms with Gasteiger partial charge in [-0.1, -0.05) is 6.07 Å². The van der Waals surface area contributed by atoms with E-state index in [4.69, 9.17) is 4.74 Å². The summed E-state index contributed by atoms with van der Waals surface area (Å²) in [7, 11) is 0. The molecule has 26 heavy (non-hydrogen) atoms. The largest absolute Gasteiger partial charge is 0.449 e. The monoisotopic (exact) mass is 360 g/mol. The van der Waals surface area contributed by atoms with Crippen LogP contribution in [0.4, 0.5) is 8.78 Å². The number of ketones is 1.